The molecule has 0 aliphatic rings. The number of rotatable bonds is 9. The van der Waals surface area contributed by atoms with Crippen molar-refractivity contribution in [3.63, 3.8) is 0 Å². The average Bonchev–Trinajstić information content (AvgIpc) is 2.43. The molecule has 1 aromatic carbocycles. The number of nitrogens with zero attached hydrogens (tertiary/aromatic N) is 1. The topological polar surface area (TPSA) is 3.24 Å². The van der Waals surface area contributed by atoms with Crippen LogP contribution in [-0.4, -0.2) is 36.2 Å². The number of unbranched alkanes of at least 4 members (excludes halogenated alkanes) is 2. The second kappa shape index (κ2) is 9.32. The zero-order valence-corrected chi connectivity index (χ0v) is 17.2. The van der Waals surface area contributed by atoms with E-state index < -0.39 is 17.3 Å². The summed E-state index contributed by atoms with van der Waals surface area (Å²) in [7, 11) is 11.6. The van der Waals surface area contributed by atoms with Crippen LogP contribution in [0.3, 0.4) is 0 Å². The fourth-order valence-electron chi connectivity index (χ4n) is 2.74. The van der Waals surface area contributed by atoms with Crippen LogP contribution in [0.15, 0.2) is 24.3 Å². The van der Waals surface area contributed by atoms with Crippen LogP contribution in [0.5, 0.6) is 0 Å². The van der Waals surface area contributed by atoms with Gasteiger partial charge in [-0.2, -0.15) is 0 Å². The van der Waals surface area contributed by atoms with Crippen LogP contribution in [0, 0.1) is 0 Å². The van der Waals surface area contributed by atoms with Crippen LogP contribution in [0.1, 0.15) is 45.1 Å². The molecule has 0 spiro atoms. The normalized spacial score (nSPS) is 12.1. The van der Waals surface area contributed by atoms with Gasteiger partial charge in [-0.05, 0) is 0 Å². The molecule has 1 nitrogen and oxygen atoms in total. The van der Waals surface area contributed by atoms with Gasteiger partial charge < -0.3 is 0 Å². The van der Waals surface area contributed by atoms with E-state index in [4.69, 9.17) is 8.92 Å². The summed E-state index contributed by atoms with van der Waals surface area (Å²) in [5.41, 5.74) is 1.47. The van der Waals surface area contributed by atoms with Gasteiger partial charge in [-0.15, -0.1) is 0 Å². The number of benzene rings is 1. The zero-order valence-electron chi connectivity index (χ0n) is 13.6. The summed E-state index contributed by atoms with van der Waals surface area (Å²) >= 11 is -2.68. The summed E-state index contributed by atoms with van der Waals surface area (Å²) < 4.78 is 4.13. The summed E-state index contributed by atoms with van der Waals surface area (Å²) in [6, 6.07) is 8.94. The Bertz CT molecular complexity index is 384. The molecule has 0 unspecified atom stereocenters. The van der Waals surface area contributed by atoms with Crippen molar-refractivity contribution in [3.8, 4) is 0 Å². The maximum atomic E-state index is 7.30. The van der Waals surface area contributed by atoms with Gasteiger partial charge in [0.1, 0.15) is 0 Å². The quantitative estimate of drug-likeness (QED) is 0.539. The molecule has 1 rings (SSSR count). The van der Waals surface area contributed by atoms with Crippen molar-refractivity contribution in [1.82, 2.24) is 4.90 Å². The van der Waals surface area contributed by atoms with Crippen LogP contribution in [0.2, 0.25) is 8.87 Å². The molecule has 0 N–H and O–H groups in total. The fourth-order valence-corrected chi connectivity index (χ4v) is 16.5. The minimum absolute atomic E-state index is 1.01. The molecule has 0 atom stereocenters. The summed E-state index contributed by atoms with van der Waals surface area (Å²) in [6.45, 7) is 5.56. The van der Waals surface area contributed by atoms with Crippen molar-refractivity contribution in [2.45, 2.75) is 54.9 Å². The SMILES string of the molecule is CCC[CH2][Sn]([Cl])([CH2]CCC)[c]1ccccc1CN(C)C. The summed E-state index contributed by atoms with van der Waals surface area (Å²) in [6.07, 6.45) is 5.10. The molecule has 0 amide bonds. The standard InChI is InChI=1S/C9H12N.2C4H9.ClH.Sn/c1-10(2)8-9-6-4-3-5-7-9;2*1-3-4-2;;/h3-6H,8H2,1-2H3;2*1,3-4H2,2H3;1H;/q;;;;+1/p-1. The molecule has 20 heavy (non-hydrogen) atoms. The Morgan fingerprint density at radius 1 is 1.00 bits per heavy atom. The third kappa shape index (κ3) is 5.57. The Morgan fingerprint density at radius 3 is 2.05 bits per heavy atom. The molecule has 114 valence electrons. The molecule has 0 aliphatic heterocycles. The van der Waals surface area contributed by atoms with Gasteiger partial charge in [0, 0.05) is 0 Å². The molecular formula is C17H30ClNSn. The van der Waals surface area contributed by atoms with Gasteiger partial charge in [0.2, 0.25) is 0 Å². The van der Waals surface area contributed by atoms with Crippen LogP contribution in [0.25, 0.3) is 0 Å². The Labute approximate surface area is 133 Å². The monoisotopic (exact) mass is 403 g/mol. The molecule has 0 fully saturated rings. The van der Waals surface area contributed by atoms with E-state index in [1.807, 2.05) is 0 Å². The average molecular weight is 403 g/mol. The van der Waals surface area contributed by atoms with Crippen molar-refractivity contribution < 1.29 is 0 Å². The third-order valence-electron chi connectivity index (χ3n) is 3.84. The van der Waals surface area contributed by atoms with E-state index in [1.165, 1.54) is 40.1 Å². The zero-order chi connectivity index (χ0) is 15.0. The Kier molecular flexibility index (Phi) is 8.54. The predicted molar refractivity (Wildman–Crippen MR) is 94.5 cm³/mol. The van der Waals surface area contributed by atoms with Crippen molar-refractivity contribution in [2.24, 2.45) is 0 Å². The van der Waals surface area contributed by atoms with Gasteiger partial charge in [0.05, 0.1) is 0 Å². The van der Waals surface area contributed by atoms with E-state index in [1.54, 1.807) is 3.58 Å². The summed E-state index contributed by atoms with van der Waals surface area (Å²) in [5.74, 6) is 0. The Hall–Kier alpha value is 0.269. The van der Waals surface area contributed by atoms with Gasteiger partial charge in [-0.3, -0.25) is 0 Å². The van der Waals surface area contributed by atoms with Crippen molar-refractivity contribution >= 4 is 29.8 Å². The second-order valence-corrected chi connectivity index (χ2v) is 20.8. The van der Waals surface area contributed by atoms with E-state index in [-0.39, 0.29) is 0 Å². The van der Waals surface area contributed by atoms with Crippen molar-refractivity contribution in [1.29, 1.82) is 0 Å². The van der Waals surface area contributed by atoms with E-state index in [0.29, 0.717) is 0 Å². The van der Waals surface area contributed by atoms with Crippen LogP contribution < -0.4 is 3.58 Å². The van der Waals surface area contributed by atoms with E-state index in [9.17, 15) is 0 Å². The van der Waals surface area contributed by atoms with Crippen molar-refractivity contribution in [2.75, 3.05) is 14.1 Å². The first-order valence-corrected chi connectivity index (χ1v) is 17.0. The first-order valence-electron chi connectivity index (χ1n) is 7.95. The molecule has 3 heteroatoms. The molecule has 0 radical (unpaired) electrons. The number of halogens is 1. The van der Waals surface area contributed by atoms with Gasteiger partial charge in [-0.1, -0.05) is 0 Å². The molecule has 1 aromatic rings. The van der Waals surface area contributed by atoms with Crippen LogP contribution in [-0.2, 0) is 6.54 Å². The van der Waals surface area contributed by atoms with E-state index in [0.717, 1.165) is 6.54 Å². The number of hydrogen-bond donors (Lipinski definition) is 0. The molecule has 0 aromatic heterocycles. The van der Waals surface area contributed by atoms with Crippen LogP contribution in [0.4, 0.5) is 0 Å². The maximum absolute atomic E-state index is 7.30. The van der Waals surface area contributed by atoms with Gasteiger partial charge in [0.15, 0.2) is 0 Å². The van der Waals surface area contributed by atoms with Crippen LogP contribution >= 0.6 is 8.92 Å². The molecule has 0 saturated carbocycles. The first-order chi connectivity index (χ1) is 9.53. The molecule has 0 saturated heterocycles. The number of hydrogen-bond acceptors (Lipinski definition) is 1. The summed E-state index contributed by atoms with van der Waals surface area (Å²) in [5, 5.41) is 0. The van der Waals surface area contributed by atoms with Gasteiger partial charge in [0.25, 0.3) is 0 Å². The molecule has 0 aliphatic carbocycles. The first kappa shape index (κ1) is 18.3. The predicted octanol–water partition coefficient (Wildman–Crippen LogP) is 4.74. The third-order valence-corrected chi connectivity index (χ3v) is 18.4. The summed E-state index contributed by atoms with van der Waals surface area (Å²) in [4.78, 5) is 2.25. The van der Waals surface area contributed by atoms with Crippen molar-refractivity contribution in [3.05, 3.63) is 29.8 Å². The van der Waals surface area contributed by atoms with Gasteiger partial charge in [-0.25, -0.2) is 0 Å². The van der Waals surface area contributed by atoms with E-state index in [2.05, 4.69) is 57.1 Å². The fraction of sp³-hybridized carbons (Fsp3) is 0.647. The molecule has 0 bridgehead atoms. The van der Waals surface area contributed by atoms with E-state index >= 15 is 0 Å². The molecule has 0 heterocycles. The van der Waals surface area contributed by atoms with Gasteiger partial charge >= 0.3 is 134 Å². The minimum atomic E-state index is -2.68. The Morgan fingerprint density at radius 2 is 1.55 bits per heavy atom. The second-order valence-electron chi connectivity index (χ2n) is 6.07. The Balaban J connectivity index is 3.05. The molecular weight excluding hydrogens is 372 g/mol.